The van der Waals surface area contributed by atoms with Gasteiger partial charge >= 0.3 is 0 Å². The molecule has 1 aromatic heterocycles. The van der Waals surface area contributed by atoms with Gasteiger partial charge < -0.3 is 9.73 Å². The van der Waals surface area contributed by atoms with E-state index < -0.39 is 0 Å². The van der Waals surface area contributed by atoms with E-state index in [0.29, 0.717) is 6.04 Å². The number of furan rings is 1. The number of hydrogen-bond acceptors (Lipinski definition) is 2. The maximum Gasteiger partial charge on any atom is 0.105 e. The van der Waals surface area contributed by atoms with Gasteiger partial charge in [0.2, 0.25) is 0 Å². The van der Waals surface area contributed by atoms with Crippen LogP contribution >= 0.6 is 0 Å². The molecule has 90 valence electrons. The molecule has 2 rings (SSSR count). The number of aryl methyl sites for hydroxylation is 1. The number of benzene rings is 1. The Hall–Kier alpha value is -1.54. The van der Waals surface area contributed by atoms with Crippen LogP contribution in [0.15, 0.2) is 47.1 Å². The Morgan fingerprint density at radius 1 is 1.18 bits per heavy atom. The van der Waals surface area contributed by atoms with Gasteiger partial charge in [-0.2, -0.15) is 0 Å². The van der Waals surface area contributed by atoms with Crippen molar-refractivity contribution in [1.82, 2.24) is 5.32 Å². The highest BCUT2D eigenvalue weighted by Gasteiger charge is 2.14. The van der Waals surface area contributed by atoms with Gasteiger partial charge in [0.1, 0.15) is 5.76 Å². The van der Waals surface area contributed by atoms with Crippen LogP contribution in [-0.4, -0.2) is 7.05 Å². The van der Waals surface area contributed by atoms with E-state index >= 15 is 0 Å². The summed E-state index contributed by atoms with van der Waals surface area (Å²) in [6, 6.07) is 12.9. The molecule has 17 heavy (non-hydrogen) atoms. The molecule has 0 aliphatic rings. The zero-order valence-electron chi connectivity index (χ0n) is 10.4. The summed E-state index contributed by atoms with van der Waals surface area (Å²) in [5, 5.41) is 3.37. The molecule has 0 aliphatic carbocycles. The van der Waals surface area contributed by atoms with Crippen LogP contribution in [0.4, 0.5) is 0 Å². The third-order valence-corrected chi connectivity index (χ3v) is 3.15. The van der Waals surface area contributed by atoms with Crippen molar-refractivity contribution >= 4 is 0 Å². The van der Waals surface area contributed by atoms with E-state index in [9.17, 15) is 0 Å². The normalized spacial score (nSPS) is 12.6. The average molecular weight is 229 g/mol. The first kappa shape index (κ1) is 11.9. The molecule has 0 aliphatic heterocycles. The van der Waals surface area contributed by atoms with Gasteiger partial charge in [0.15, 0.2) is 0 Å². The van der Waals surface area contributed by atoms with Crippen molar-refractivity contribution in [3.63, 3.8) is 0 Å². The van der Waals surface area contributed by atoms with Gasteiger partial charge in [-0.25, -0.2) is 0 Å². The highest BCUT2D eigenvalue weighted by molar-refractivity contribution is 5.30. The Morgan fingerprint density at radius 2 is 2.00 bits per heavy atom. The Bertz CT molecular complexity index is 448. The molecule has 0 saturated carbocycles. The second-order valence-corrected chi connectivity index (χ2v) is 4.18. The summed E-state index contributed by atoms with van der Waals surface area (Å²) in [5.74, 6) is 1.02. The first-order valence-corrected chi connectivity index (χ1v) is 6.12. The molecule has 0 bridgehead atoms. The number of nitrogens with one attached hydrogen (secondary N) is 1. The first-order valence-electron chi connectivity index (χ1n) is 6.12. The largest absolute Gasteiger partial charge is 0.469 e. The summed E-state index contributed by atoms with van der Waals surface area (Å²) >= 11 is 0. The monoisotopic (exact) mass is 229 g/mol. The third-order valence-electron chi connectivity index (χ3n) is 3.15. The third kappa shape index (κ3) is 2.77. The van der Waals surface area contributed by atoms with E-state index in [-0.39, 0.29) is 0 Å². The molecule has 1 N–H and O–H groups in total. The minimum absolute atomic E-state index is 0.317. The first-order chi connectivity index (χ1) is 8.35. The molecule has 0 radical (unpaired) electrons. The fourth-order valence-corrected chi connectivity index (χ4v) is 2.19. The predicted molar refractivity (Wildman–Crippen MR) is 70.0 cm³/mol. The lowest BCUT2D eigenvalue weighted by Crippen LogP contribution is -2.20. The standard InChI is InChI=1S/C15H19NO/c1-3-12-7-4-5-9-14(12)15(16-2)11-13-8-6-10-17-13/h4-10,15-16H,3,11H2,1-2H3. The van der Waals surface area contributed by atoms with E-state index in [4.69, 9.17) is 4.42 Å². The van der Waals surface area contributed by atoms with Crippen LogP contribution in [0.2, 0.25) is 0 Å². The van der Waals surface area contributed by atoms with Gasteiger partial charge in [-0.15, -0.1) is 0 Å². The smallest absolute Gasteiger partial charge is 0.105 e. The summed E-state index contributed by atoms with van der Waals surface area (Å²) in [5.41, 5.74) is 2.77. The van der Waals surface area contributed by atoms with Crippen LogP contribution < -0.4 is 5.32 Å². The summed E-state index contributed by atoms with van der Waals surface area (Å²) in [6.07, 6.45) is 3.68. The lowest BCUT2D eigenvalue weighted by molar-refractivity contribution is 0.465. The molecular weight excluding hydrogens is 210 g/mol. The molecule has 0 fully saturated rings. The molecule has 2 nitrogen and oxygen atoms in total. The van der Waals surface area contributed by atoms with Crippen molar-refractivity contribution in [2.75, 3.05) is 7.05 Å². The van der Waals surface area contributed by atoms with Gasteiger partial charge in [-0.05, 0) is 36.7 Å². The number of hydrogen-bond donors (Lipinski definition) is 1. The topological polar surface area (TPSA) is 25.2 Å². The average Bonchev–Trinajstić information content (AvgIpc) is 2.89. The van der Waals surface area contributed by atoms with Gasteiger partial charge in [0.05, 0.1) is 6.26 Å². The van der Waals surface area contributed by atoms with Crippen molar-refractivity contribution in [2.24, 2.45) is 0 Å². The van der Waals surface area contributed by atoms with E-state index in [1.807, 2.05) is 19.2 Å². The second kappa shape index (κ2) is 5.69. The zero-order valence-corrected chi connectivity index (χ0v) is 10.4. The quantitative estimate of drug-likeness (QED) is 0.850. The molecular formula is C15H19NO. The summed E-state index contributed by atoms with van der Waals surface area (Å²) in [4.78, 5) is 0. The molecule has 2 heteroatoms. The van der Waals surface area contributed by atoms with Crippen LogP contribution in [0.3, 0.4) is 0 Å². The van der Waals surface area contributed by atoms with Crippen LogP contribution in [0.5, 0.6) is 0 Å². The van der Waals surface area contributed by atoms with Crippen molar-refractivity contribution in [1.29, 1.82) is 0 Å². The van der Waals surface area contributed by atoms with Gasteiger partial charge in [0.25, 0.3) is 0 Å². The maximum absolute atomic E-state index is 5.42. The van der Waals surface area contributed by atoms with Crippen molar-refractivity contribution in [3.8, 4) is 0 Å². The number of rotatable bonds is 5. The Balaban J connectivity index is 2.22. The SMILES string of the molecule is CCc1ccccc1C(Cc1ccco1)NC. The second-order valence-electron chi connectivity index (χ2n) is 4.18. The molecule has 0 saturated heterocycles. The Morgan fingerprint density at radius 3 is 2.65 bits per heavy atom. The van der Waals surface area contributed by atoms with Crippen molar-refractivity contribution in [3.05, 3.63) is 59.5 Å². The Kier molecular flexibility index (Phi) is 3.99. The zero-order chi connectivity index (χ0) is 12.1. The molecule has 1 heterocycles. The molecule has 0 amide bonds. The van der Waals surface area contributed by atoms with Crippen molar-refractivity contribution in [2.45, 2.75) is 25.8 Å². The highest BCUT2D eigenvalue weighted by atomic mass is 16.3. The van der Waals surface area contributed by atoms with Crippen LogP contribution in [0.25, 0.3) is 0 Å². The predicted octanol–water partition coefficient (Wildman–Crippen LogP) is 3.35. The lowest BCUT2D eigenvalue weighted by Gasteiger charge is -2.18. The number of likely N-dealkylation sites (N-methyl/N-ethyl adjacent to an activating group) is 1. The summed E-state index contributed by atoms with van der Waals surface area (Å²) in [7, 11) is 2.00. The van der Waals surface area contributed by atoms with Gasteiger partial charge in [-0.3, -0.25) is 0 Å². The molecule has 1 aromatic carbocycles. The summed E-state index contributed by atoms with van der Waals surface area (Å²) < 4.78 is 5.42. The molecule has 0 spiro atoms. The van der Waals surface area contributed by atoms with Crippen LogP contribution in [0, 0.1) is 0 Å². The molecule has 2 aromatic rings. The van der Waals surface area contributed by atoms with E-state index in [1.54, 1.807) is 6.26 Å². The fraction of sp³-hybridized carbons (Fsp3) is 0.333. The minimum atomic E-state index is 0.317. The van der Waals surface area contributed by atoms with E-state index in [2.05, 4.69) is 36.5 Å². The van der Waals surface area contributed by atoms with Gasteiger partial charge in [-0.1, -0.05) is 31.2 Å². The maximum atomic E-state index is 5.42. The highest BCUT2D eigenvalue weighted by Crippen LogP contribution is 2.22. The lowest BCUT2D eigenvalue weighted by atomic mass is 9.96. The van der Waals surface area contributed by atoms with Crippen LogP contribution in [0.1, 0.15) is 29.9 Å². The van der Waals surface area contributed by atoms with Gasteiger partial charge in [0, 0.05) is 12.5 Å². The van der Waals surface area contributed by atoms with Crippen LogP contribution in [-0.2, 0) is 12.8 Å². The van der Waals surface area contributed by atoms with E-state index in [0.717, 1.165) is 18.6 Å². The van der Waals surface area contributed by atoms with E-state index in [1.165, 1.54) is 11.1 Å². The Labute approximate surface area is 103 Å². The summed E-state index contributed by atoms with van der Waals surface area (Å²) in [6.45, 7) is 2.19. The fourth-order valence-electron chi connectivity index (χ4n) is 2.19. The molecule has 1 atom stereocenters. The minimum Gasteiger partial charge on any atom is -0.469 e. The van der Waals surface area contributed by atoms with Crippen molar-refractivity contribution < 1.29 is 4.42 Å². The molecule has 1 unspecified atom stereocenters.